The van der Waals surface area contributed by atoms with E-state index in [-0.39, 0.29) is 0 Å². The van der Waals surface area contributed by atoms with Crippen LogP contribution in [0.4, 0.5) is 0 Å². The molecular formula is C13H24N4. The zero-order valence-electron chi connectivity index (χ0n) is 10.7. The third-order valence-electron chi connectivity index (χ3n) is 3.82. The molecule has 1 fully saturated rings. The summed E-state index contributed by atoms with van der Waals surface area (Å²) in [5, 5.41) is 4.20. The molecule has 1 aliphatic rings. The second-order valence-electron chi connectivity index (χ2n) is 5.33. The summed E-state index contributed by atoms with van der Waals surface area (Å²) < 4.78 is 1.85. The van der Waals surface area contributed by atoms with Gasteiger partial charge in [-0.1, -0.05) is 32.1 Å². The van der Waals surface area contributed by atoms with Crippen LogP contribution in [0.1, 0.15) is 44.1 Å². The van der Waals surface area contributed by atoms with Gasteiger partial charge in [0.25, 0.3) is 0 Å². The van der Waals surface area contributed by atoms with Gasteiger partial charge in [0, 0.05) is 19.3 Å². The van der Waals surface area contributed by atoms with Crippen molar-refractivity contribution in [1.82, 2.24) is 15.2 Å². The highest BCUT2D eigenvalue weighted by atomic mass is 15.2. The molecule has 1 aliphatic carbocycles. The molecule has 2 rings (SSSR count). The summed E-state index contributed by atoms with van der Waals surface area (Å²) in [6.45, 7) is 0. The summed E-state index contributed by atoms with van der Waals surface area (Å²) >= 11 is 0. The van der Waals surface area contributed by atoms with E-state index in [1.165, 1.54) is 44.1 Å². The van der Waals surface area contributed by atoms with Gasteiger partial charge in [-0.05, 0) is 24.3 Å². The Hall–Kier alpha value is -0.870. The molecule has 1 heterocycles. The first-order valence-corrected chi connectivity index (χ1v) is 6.71. The molecule has 4 heteroatoms. The maximum absolute atomic E-state index is 5.67. The van der Waals surface area contributed by atoms with Crippen LogP contribution in [0.15, 0.2) is 12.4 Å². The molecule has 96 valence electrons. The molecule has 0 aromatic carbocycles. The quantitative estimate of drug-likeness (QED) is 0.605. The summed E-state index contributed by atoms with van der Waals surface area (Å²) in [5.41, 5.74) is 4.24. The van der Waals surface area contributed by atoms with E-state index in [1.807, 2.05) is 17.9 Å². The molecule has 0 amide bonds. The summed E-state index contributed by atoms with van der Waals surface area (Å²) in [7, 11) is 1.95. The lowest BCUT2D eigenvalue weighted by Gasteiger charge is -2.25. The number of nitrogens with zero attached hydrogens (tertiary/aromatic N) is 2. The Labute approximate surface area is 104 Å². The number of hydrogen-bond donors (Lipinski definition) is 2. The fraction of sp³-hybridized carbons (Fsp3) is 0.769. The molecule has 1 aromatic rings. The zero-order valence-corrected chi connectivity index (χ0v) is 10.7. The lowest BCUT2D eigenvalue weighted by atomic mass is 9.84. The normalized spacial score (nSPS) is 19.4. The van der Waals surface area contributed by atoms with Crippen molar-refractivity contribution in [2.24, 2.45) is 18.8 Å². The van der Waals surface area contributed by atoms with E-state index in [9.17, 15) is 0 Å². The van der Waals surface area contributed by atoms with Crippen molar-refractivity contribution in [3.05, 3.63) is 18.0 Å². The van der Waals surface area contributed by atoms with Crippen LogP contribution in [0.25, 0.3) is 0 Å². The van der Waals surface area contributed by atoms with Crippen LogP contribution in [0.2, 0.25) is 0 Å². The van der Waals surface area contributed by atoms with Gasteiger partial charge in [0.15, 0.2) is 0 Å². The van der Waals surface area contributed by atoms with Crippen molar-refractivity contribution in [3.63, 3.8) is 0 Å². The number of nitrogens with two attached hydrogens (primary N) is 1. The van der Waals surface area contributed by atoms with Crippen LogP contribution in [0.3, 0.4) is 0 Å². The van der Waals surface area contributed by atoms with Crippen molar-refractivity contribution in [2.75, 3.05) is 0 Å². The monoisotopic (exact) mass is 236 g/mol. The number of aryl methyl sites for hydroxylation is 1. The van der Waals surface area contributed by atoms with Gasteiger partial charge < -0.3 is 0 Å². The third kappa shape index (κ3) is 3.82. The van der Waals surface area contributed by atoms with Crippen LogP contribution in [0.5, 0.6) is 0 Å². The van der Waals surface area contributed by atoms with E-state index < -0.39 is 0 Å². The van der Waals surface area contributed by atoms with Gasteiger partial charge in [-0.2, -0.15) is 5.10 Å². The predicted molar refractivity (Wildman–Crippen MR) is 69.2 cm³/mol. The van der Waals surface area contributed by atoms with Gasteiger partial charge in [-0.15, -0.1) is 0 Å². The van der Waals surface area contributed by atoms with Gasteiger partial charge in [-0.25, -0.2) is 0 Å². The van der Waals surface area contributed by atoms with Crippen molar-refractivity contribution < 1.29 is 0 Å². The molecule has 0 saturated heterocycles. The molecular weight excluding hydrogens is 212 g/mol. The molecule has 4 nitrogen and oxygen atoms in total. The molecule has 0 bridgehead atoms. The lowest BCUT2D eigenvalue weighted by Crippen LogP contribution is -2.38. The second-order valence-corrected chi connectivity index (χ2v) is 5.33. The van der Waals surface area contributed by atoms with E-state index >= 15 is 0 Å². The highest BCUT2D eigenvalue weighted by Crippen LogP contribution is 2.27. The number of aromatic nitrogens is 2. The minimum atomic E-state index is 0.391. The molecule has 1 unspecified atom stereocenters. The Bertz CT molecular complexity index is 328. The molecule has 0 radical (unpaired) electrons. The number of rotatable bonds is 5. The molecule has 1 atom stereocenters. The van der Waals surface area contributed by atoms with E-state index in [0.717, 1.165) is 12.3 Å². The standard InChI is InChI=1S/C13H24N4/c1-17-10-12(9-15-17)8-13(16-14)7-11-5-3-2-4-6-11/h9-11,13,16H,2-8,14H2,1H3. The van der Waals surface area contributed by atoms with Gasteiger partial charge in [0.05, 0.1) is 6.20 Å². The smallest absolute Gasteiger partial charge is 0.0522 e. The largest absolute Gasteiger partial charge is 0.276 e. The molecule has 0 spiro atoms. The van der Waals surface area contributed by atoms with Crippen molar-refractivity contribution in [2.45, 2.75) is 51.0 Å². The Morgan fingerprint density at radius 3 is 2.82 bits per heavy atom. The average molecular weight is 236 g/mol. The fourth-order valence-electron chi connectivity index (χ4n) is 2.90. The highest BCUT2D eigenvalue weighted by molar-refractivity contribution is 5.05. The summed E-state index contributed by atoms with van der Waals surface area (Å²) in [6.07, 6.45) is 13.2. The van der Waals surface area contributed by atoms with Crippen LogP contribution >= 0.6 is 0 Å². The summed E-state index contributed by atoms with van der Waals surface area (Å²) in [5.74, 6) is 6.53. The minimum Gasteiger partial charge on any atom is -0.276 e. The third-order valence-corrected chi connectivity index (χ3v) is 3.82. The van der Waals surface area contributed by atoms with Gasteiger partial charge in [0.2, 0.25) is 0 Å². The molecule has 17 heavy (non-hydrogen) atoms. The maximum atomic E-state index is 5.67. The van der Waals surface area contributed by atoms with Crippen LogP contribution in [-0.4, -0.2) is 15.8 Å². The first-order chi connectivity index (χ1) is 8.28. The van der Waals surface area contributed by atoms with E-state index in [2.05, 4.69) is 16.7 Å². The van der Waals surface area contributed by atoms with Crippen molar-refractivity contribution in [3.8, 4) is 0 Å². The Morgan fingerprint density at radius 1 is 1.47 bits per heavy atom. The number of hydrazine groups is 1. The van der Waals surface area contributed by atoms with Crippen molar-refractivity contribution >= 4 is 0 Å². The molecule has 3 N–H and O–H groups in total. The first-order valence-electron chi connectivity index (χ1n) is 6.71. The average Bonchev–Trinajstić information content (AvgIpc) is 2.75. The maximum Gasteiger partial charge on any atom is 0.0522 e. The minimum absolute atomic E-state index is 0.391. The molecule has 1 aromatic heterocycles. The number of hydrogen-bond acceptors (Lipinski definition) is 3. The van der Waals surface area contributed by atoms with Gasteiger partial charge in [-0.3, -0.25) is 16.0 Å². The lowest BCUT2D eigenvalue weighted by molar-refractivity contribution is 0.298. The second kappa shape index (κ2) is 6.17. The predicted octanol–water partition coefficient (Wildman–Crippen LogP) is 1.76. The fourth-order valence-corrected chi connectivity index (χ4v) is 2.90. The van der Waals surface area contributed by atoms with Crippen LogP contribution in [-0.2, 0) is 13.5 Å². The summed E-state index contributed by atoms with van der Waals surface area (Å²) in [6, 6.07) is 0.391. The topological polar surface area (TPSA) is 55.9 Å². The SMILES string of the molecule is Cn1cc(CC(CC2CCCCC2)NN)cn1. The van der Waals surface area contributed by atoms with Gasteiger partial charge >= 0.3 is 0 Å². The first kappa shape index (κ1) is 12.6. The van der Waals surface area contributed by atoms with Crippen molar-refractivity contribution in [1.29, 1.82) is 0 Å². The Morgan fingerprint density at radius 2 is 2.24 bits per heavy atom. The van der Waals surface area contributed by atoms with Gasteiger partial charge in [0.1, 0.15) is 0 Å². The molecule has 0 aliphatic heterocycles. The van der Waals surface area contributed by atoms with E-state index in [1.54, 1.807) is 0 Å². The highest BCUT2D eigenvalue weighted by Gasteiger charge is 2.18. The molecule has 1 saturated carbocycles. The van der Waals surface area contributed by atoms with Crippen LogP contribution in [0, 0.1) is 5.92 Å². The summed E-state index contributed by atoms with van der Waals surface area (Å²) in [4.78, 5) is 0. The van der Waals surface area contributed by atoms with E-state index in [4.69, 9.17) is 5.84 Å². The van der Waals surface area contributed by atoms with E-state index in [0.29, 0.717) is 6.04 Å². The zero-order chi connectivity index (χ0) is 12.1. The Kier molecular flexibility index (Phi) is 4.57. The number of nitrogens with one attached hydrogen (secondary N) is 1. The Balaban J connectivity index is 1.83. The van der Waals surface area contributed by atoms with Crippen LogP contribution < -0.4 is 11.3 Å².